The minimum atomic E-state index is -0.446. The summed E-state index contributed by atoms with van der Waals surface area (Å²) in [6.45, 7) is 1.82. The SMILES string of the molecule is CNC(C)Cc1ccc(OCCF)cc1. The van der Waals surface area contributed by atoms with Crippen molar-refractivity contribution in [3.8, 4) is 5.75 Å². The summed E-state index contributed by atoms with van der Waals surface area (Å²) in [6.07, 6.45) is 0.986. The predicted molar refractivity (Wildman–Crippen MR) is 60.1 cm³/mol. The van der Waals surface area contributed by atoms with Crippen molar-refractivity contribution < 1.29 is 9.13 Å². The number of likely N-dealkylation sites (N-methyl/N-ethyl adjacent to an activating group) is 1. The maximum atomic E-state index is 11.8. The van der Waals surface area contributed by atoms with E-state index in [4.69, 9.17) is 4.74 Å². The number of hydrogen-bond acceptors (Lipinski definition) is 2. The van der Waals surface area contributed by atoms with E-state index in [-0.39, 0.29) is 6.61 Å². The van der Waals surface area contributed by atoms with E-state index in [9.17, 15) is 4.39 Å². The molecule has 0 radical (unpaired) electrons. The van der Waals surface area contributed by atoms with Gasteiger partial charge in [-0.15, -0.1) is 0 Å². The molecule has 0 bridgehead atoms. The van der Waals surface area contributed by atoms with E-state index in [0.717, 1.165) is 12.2 Å². The number of benzene rings is 1. The lowest BCUT2D eigenvalue weighted by molar-refractivity contribution is 0.273. The first-order chi connectivity index (χ1) is 7.26. The number of halogens is 1. The second-order valence-electron chi connectivity index (χ2n) is 3.58. The molecule has 0 aromatic heterocycles. The van der Waals surface area contributed by atoms with Crippen LogP contribution in [0.2, 0.25) is 0 Å². The van der Waals surface area contributed by atoms with E-state index >= 15 is 0 Å². The van der Waals surface area contributed by atoms with E-state index < -0.39 is 6.67 Å². The van der Waals surface area contributed by atoms with Crippen molar-refractivity contribution in [1.29, 1.82) is 0 Å². The average molecular weight is 211 g/mol. The van der Waals surface area contributed by atoms with Crippen LogP contribution in [-0.2, 0) is 6.42 Å². The van der Waals surface area contributed by atoms with Crippen molar-refractivity contribution in [1.82, 2.24) is 5.32 Å². The van der Waals surface area contributed by atoms with Crippen LogP contribution >= 0.6 is 0 Å². The molecule has 15 heavy (non-hydrogen) atoms. The molecule has 0 heterocycles. The molecule has 1 atom stereocenters. The molecule has 0 spiro atoms. The van der Waals surface area contributed by atoms with Gasteiger partial charge in [0, 0.05) is 6.04 Å². The topological polar surface area (TPSA) is 21.3 Å². The van der Waals surface area contributed by atoms with Crippen LogP contribution in [0.25, 0.3) is 0 Å². The van der Waals surface area contributed by atoms with Crippen molar-refractivity contribution in [2.24, 2.45) is 0 Å². The predicted octanol–water partition coefficient (Wildman–Crippen LogP) is 2.19. The Morgan fingerprint density at radius 3 is 2.53 bits per heavy atom. The second kappa shape index (κ2) is 6.40. The molecule has 0 aliphatic carbocycles. The van der Waals surface area contributed by atoms with Gasteiger partial charge in [-0.1, -0.05) is 12.1 Å². The highest BCUT2D eigenvalue weighted by atomic mass is 19.1. The normalized spacial score (nSPS) is 12.5. The van der Waals surface area contributed by atoms with Crippen LogP contribution < -0.4 is 10.1 Å². The molecule has 0 aliphatic heterocycles. The van der Waals surface area contributed by atoms with Gasteiger partial charge in [-0.2, -0.15) is 0 Å². The Hall–Kier alpha value is -1.09. The lowest BCUT2D eigenvalue weighted by atomic mass is 10.1. The van der Waals surface area contributed by atoms with Gasteiger partial charge in [0.2, 0.25) is 0 Å². The first-order valence-corrected chi connectivity index (χ1v) is 5.21. The lowest BCUT2D eigenvalue weighted by Crippen LogP contribution is -2.23. The van der Waals surface area contributed by atoms with Gasteiger partial charge in [-0.05, 0) is 38.1 Å². The second-order valence-corrected chi connectivity index (χ2v) is 3.58. The summed E-state index contributed by atoms with van der Waals surface area (Å²) in [5, 5.41) is 3.18. The summed E-state index contributed by atoms with van der Waals surface area (Å²) in [4.78, 5) is 0. The Labute approximate surface area is 90.4 Å². The van der Waals surface area contributed by atoms with Crippen LogP contribution in [0.1, 0.15) is 12.5 Å². The maximum Gasteiger partial charge on any atom is 0.123 e. The van der Waals surface area contributed by atoms with Gasteiger partial charge < -0.3 is 10.1 Å². The molecule has 0 amide bonds. The summed E-state index contributed by atoms with van der Waals surface area (Å²) in [5.41, 5.74) is 1.25. The molecule has 1 N–H and O–H groups in total. The van der Waals surface area contributed by atoms with Gasteiger partial charge in [-0.25, -0.2) is 4.39 Å². The molecular formula is C12H18FNO. The van der Waals surface area contributed by atoms with E-state index in [1.807, 2.05) is 31.3 Å². The molecule has 0 aliphatic rings. The van der Waals surface area contributed by atoms with E-state index in [0.29, 0.717) is 6.04 Å². The highest BCUT2D eigenvalue weighted by Gasteiger charge is 2.00. The van der Waals surface area contributed by atoms with Gasteiger partial charge >= 0.3 is 0 Å². The number of nitrogens with one attached hydrogen (secondary N) is 1. The van der Waals surface area contributed by atoms with Crippen LogP contribution in [0.3, 0.4) is 0 Å². The monoisotopic (exact) mass is 211 g/mol. The quantitative estimate of drug-likeness (QED) is 0.778. The summed E-state index contributed by atoms with van der Waals surface area (Å²) < 4.78 is 17.0. The van der Waals surface area contributed by atoms with Crippen LogP contribution in [-0.4, -0.2) is 26.4 Å². The van der Waals surface area contributed by atoms with Gasteiger partial charge in [0.1, 0.15) is 19.0 Å². The summed E-state index contributed by atoms with van der Waals surface area (Å²) in [5.74, 6) is 0.730. The van der Waals surface area contributed by atoms with Gasteiger partial charge in [0.05, 0.1) is 0 Å². The third-order valence-electron chi connectivity index (χ3n) is 2.30. The first-order valence-electron chi connectivity index (χ1n) is 5.21. The number of alkyl halides is 1. The van der Waals surface area contributed by atoms with Crippen molar-refractivity contribution in [2.45, 2.75) is 19.4 Å². The minimum Gasteiger partial charge on any atom is -0.491 e. The average Bonchev–Trinajstić information content (AvgIpc) is 2.28. The van der Waals surface area contributed by atoms with Gasteiger partial charge in [0.25, 0.3) is 0 Å². The molecule has 1 aromatic rings. The zero-order valence-electron chi connectivity index (χ0n) is 9.29. The van der Waals surface area contributed by atoms with Crippen LogP contribution in [0.15, 0.2) is 24.3 Å². The number of rotatable bonds is 6. The van der Waals surface area contributed by atoms with Crippen LogP contribution in [0.5, 0.6) is 5.75 Å². The third-order valence-corrected chi connectivity index (χ3v) is 2.30. The summed E-state index contributed by atoms with van der Waals surface area (Å²) in [7, 11) is 1.95. The van der Waals surface area contributed by atoms with Crippen LogP contribution in [0, 0.1) is 0 Å². The molecule has 1 rings (SSSR count). The molecule has 2 nitrogen and oxygen atoms in total. The van der Waals surface area contributed by atoms with Crippen molar-refractivity contribution >= 4 is 0 Å². The number of ether oxygens (including phenoxy) is 1. The molecule has 84 valence electrons. The molecule has 3 heteroatoms. The fourth-order valence-corrected chi connectivity index (χ4v) is 1.33. The standard InChI is InChI=1S/C12H18FNO/c1-10(14-2)9-11-3-5-12(6-4-11)15-8-7-13/h3-6,10,14H,7-9H2,1-2H3. The Bertz CT molecular complexity index is 273. The highest BCUT2D eigenvalue weighted by Crippen LogP contribution is 2.13. The minimum absolute atomic E-state index is 0.131. The van der Waals surface area contributed by atoms with Gasteiger partial charge in [0.15, 0.2) is 0 Å². The molecule has 1 unspecified atom stereocenters. The fraction of sp³-hybridized carbons (Fsp3) is 0.500. The summed E-state index contributed by atoms with van der Waals surface area (Å²) >= 11 is 0. The first kappa shape index (κ1) is 12.0. The Morgan fingerprint density at radius 2 is 2.00 bits per heavy atom. The van der Waals surface area contributed by atoms with E-state index in [1.165, 1.54) is 5.56 Å². The van der Waals surface area contributed by atoms with Crippen molar-refractivity contribution in [3.05, 3.63) is 29.8 Å². The van der Waals surface area contributed by atoms with Crippen molar-refractivity contribution in [2.75, 3.05) is 20.3 Å². The lowest BCUT2D eigenvalue weighted by Gasteiger charge is -2.10. The molecule has 1 aromatic carbocycles. The largest absolute Gasteiger partial charge is 0.491 e. The zero-order valence-corrected chi connectivity index (χ0v) is 9.29. The Balaban J connectivity index is 2.48. The maximum absolute atomic E-state index is 11.8. The smallest absolute Gasteiger partial charge is 0.123 e. The van der Waals surface area contributed by atoms with Crippen LogP contribution in [0.4, 0.5) is 4.39 Å². The van der Waals surface area contributed by atoms with Crippen molar-refractivity contribution in [3.63, 3.8) is 0 Å². The zero-order chi connectivity index (χ0) is 11.1. The number of hydrogen-bond donors (Lipinski definition) is 1. The third kappa shape index (κ3) is 4.30. The molecule has 0 fully saturated rings. The van der Waals surface area contributed by atoms with E-state index in [2.05, 4.69) is 12.2 Å². The fourth-order valence-electron chi connectivity index (χ4n) is 1.33. The Kier molecular flexibility index (Phi) is 5.12. The molecular weight excluding hydrogens is 193 g/mol. The van der Waals surface area contributed by atoms with Gasteiger partial charge in [-0.3, -0.25) is 0 Å². The highest BCUT2D eigenvalue weighted by molar-refractivity contribution is 5.27. The Morgan fingerprint density at radius 1 is 1.33 bits per heavy atom. The summed E-state index contributed by atoms with van der Waals surface area (Å²) in [6, 6.07) is 8.26. The molecule has 0 saturated carbocycles. The molecule has 0 saturated heterocycles. The van der Waals surface area contributed by atoms with E-state index in [1.54, 1.807) is 0 Å².